The molecule has 0 atom stereocenters. The number of rotatable bonds is 22. The van der Waals surface area contributed by atoms with Gasteiger partial charge in [-0.3, -0.25) is 0 Å². The van der Waals surface area contributed by atoms with Crippen LogP contribution < -0.4 is 4.74 Å². The molecule has 0 saturated carbocycles. The van der Waals surface area contributed by atoms with E-state index in [1.165, 1.54) is 138 Å². The fourth-order valence-corrected chi connectivity index (χ4v) is 7.00. The zero-order valence-electron chi connectivity index (χ0n) is 30.5. The van der Waals surface area contributed by atoms with Crippen molar-refractivity contribution in [3.63, 3.8) is 0 Å². The van der Waals surface area contributed by atoms with Gasteiger partial charge in [0, 0.05) is 14.3 Å². The van der Waals surface area contributed by atoms with Crippen LogP contribution in [0, 0.1) is 0 Å². The minimum Gasteiger partial charge on any atom is -0.508 e. The Balaban J connectivity index is 0.000000281. The number of unbranched alkanes of at least 4 members (excludes halogenated alkanes) is 18. The molecular weight excluding hydrogens is 800 g/mol. The average Bonchev–Trinajstić information content (AvgIpc) is 3.10. The van der Waals surface area contributed by atoms with E-state index >= 15 is 0 Å². The molecule has 1 N–H and O–H groups in total. The lowest BCUT2D eigenvalue weighted by molar-refractivity contribution is 0.304. The summed E-state index contributed by atoms with van der Waals surface area (Å²) in [4.78, 5) is 0. The summed E-state index contributed by atoms with van der Waals surface area (Å²) in [5, 5.41) is 15.0. The number of hydrogen-bond acceptors (Lipinski definition) is 2. The molecule has 0 radical (unpaired) electrons. The Kier molecular flexibility index (Phi) is 25.9. The summed E-state index contributed by atoms with van der Waals surface area (Å²) >= 11 is 10.4. The maximum atomic E-state index is 9.19. The molecule has 4 aromatic rings. The van der Waals surface area contributed by atoms with Crippen molar-refractivity contribution >= 4 is 69.3 Å². The Hall–Kier alpha value is -1.56. The van der Waals surface area contributed by atoms with Crippen molar-refractivity contribution in [2.45, 2.75) is 142 Å². The lowest BCUT2D eigenvalue weighted by Crippen LogP contribution is -1.97. The van der Waals surface area contributed by atoms with Crippen LogP contribution >= 0.6 is 47.8 Å². The molecule has 0 fully saturated rings. The number of phenolic OH excluding ortho intramolecular Hbond substituents is 1. The maximum Gasteiger partial charge on any atom is 0.119 e. The van der Waals surface area contributed by atoms with Gasteiger partial charge in [0.15, 0.2) is 0 Å². The minimum absolute atomic E-state index is 0.310. The van der Waals surface area contributed by atoms with E-state index in [4.69, 9.17) is 4.74 Å². The second-order valence-electron chi connectivity index (χ2n) is 13.2. The van der Waals surface area contributed by atoms with Crippen LogP contribution in [0.15, 0.2) is 81.7 Å². The van der Waals surface area contributed by atoms with Crippen LogP contribution in [0.3, 0.4) is 0 Å². The summed E-state index contributed by atoms with van der Waals surface area (Å²) in [5.74, 6) is 1.30. The molecule has 5 heteroatoms. The standard InChI is InChI=1S/C22H31BrO.C12H25Br.C10H7BrO/c1-2-3-4-5-6-7-8-9-10-11-16-24-22-15-13-19-17-21(23)14-12-20(19)18-22;1-2-3-4-5-6-7-8-9-10-11-12-13;11-9-3-1-8-6-10(12)4-2-7(8)5-9/h12-15,17-18H,2-11,16H2,1H3;2-12H2,1H3;1-6,12H. The average molecular weight is 864 g/mol. The van der Waals surface area contributed by atoms with E-state index in [0.29, 0.717) is 5.75 Å². The molecule has 272 valence electrons. The van der Waals surface area contributed by atoms with Crippen LogP contribution in [0.25, 0.3) is 21.5 Å². The highest BCUT2D eigenvalue weighted by Gasteiger charge is 2.00. The Morgan fingerprint density at radius 1 is 0.449 bits per heavy atom. The van der Waals surface area contributed by atoms with Crippen molar-refractivity contribution in [1.29, 1.82) is 0 Å². The van der Waals surface area contributed by atoms with Gasteiger partial charge in [-0.25, -0.2) is 0 Å². The molecule has 0 saturated heterocycles. The molecule has 0 aliphatic carbocycles. The smallest absolute Gasteiger partial charge is 0.119 e. The third kappa shape index (κ3) is 21.4. The molecule has 0 bridgehead atoms. The first-order valence-electron chi connectivity index (χ1n) is 19.2. The van der Waals surface area contributed by atoms with E-state index in [1.54, 1.807) is 12.1 Å². The molecule has 0 aliphatic rings. The van der Waals surface area contributed by atoms with Crippen molar-refractivity contribution in [1.82, 2.24) is 0 Å². The normalized spacial score (nSPS) is 10.8. The molecule has 0 aliphatic heterocycles. The zero-order chi connectivity index (χ0) is 35.4. The van der Waals surface area contributed by atoms with Crippen molar-refractivity contribution < 1.29 is 9.84 Å². The zero-order valence-corrected chi connectivity index (χ0v) is 35.2. The number of hydrogen-bond donors (Lipinski definition) is 1. The molecule has 0 aromatic heterocycles. The Labute approximate surface area is 324 Å². The molecule has 0 amide bonds. The lowest BCUT2D eigenvalue weighted by atomic mass is 10.1. The highest BCUT2D eigenvalue weighted by Crippen LogP contribution is 2.25. The van der Waals surface area contributed by atoms with Gasteiger partial charge in [-0.2, -0.15) is 0 Å². The summed E-state index contributed by atoms with van der Waals surface area (Å²) in [6, 6.07) is 24.0. The topological polar surface area (TPSA) is 29.5 Å². The van der Waals surface area contributed by atoms with Crippen LogP contribution in [0.2, 0.25) is 0 Å². The van der Waals surface area contributed by atoms with Gasteiger partial charge < -0.3 is 9.84 Å². The van der Waals surface area contributed by atoms with E-state index in [-0.39, 0.29) is 0 Å². The van der Waals surface area contributed by atoms with Gasteiger partial charge in [0.05, 0.1) is 6.61 Å². The van der Waals surface area contributed by atoms with Gasteiger partial charge in [-0.15, -0.1) is 0 Å². The van der Waals surface area contributed by atoms with Gasteiger partial charge >= 0.3 is 0 Å². The number of halogens is 3. The Morgan fingerprint density at radius 3 is 1.33 bits per heavy atom. The second kappa shape index (κ2) is 29.1. The van der Waals surface area contributed by atoms with Gasteiger partial charge in [0.2, 0.25) is 0 Å². The molecule has 4 aromatic carbocycles. The van der Waals surface area contributed by atoms with E-state index in [9.17, 15) is 5.11 Å². The minimum atomic E-state index is 0.310. The molecule has 2 nitrogen and oxygen atoms in total. The van der Waals surface area contributed by atoms with E-state index < -0.39 is 0 Å². The summed E-state index contributed by atoms with van der Waals surface area (Å²) in [6.07, 6.45) is 27.9. The number of phenols is 1. The predicted molar refractivity (Wildman–Crippen MR) is 228 cm³/mol. The van der Waals surface area contributed by atoms with Crippen LogP contribution in [0.5, 0.6) is 11.5 Å². The predicted octanol–water partition coefficient (Wildman–Crippen LogP) is 16.5. The Morgan fingerprint density at radius 2 is 0.837 bits per heavy atom. The molecule has 0 heterocycles. The number of benzene rings is 4. The first kappa shape index (κ1) is 43.6. The largest absolute Gasteiger partial charge is 0.508 e. The van der Waals surface area contributed by atoms with Gasteiger partial charge in [-0.05, 0) is 82.9 Å². The van der Waals surface area contributed by atoms with Gasteiger partial charge in [-0.1, -0.05) is 201 Å². The maximum absolute atomic E-state index is 9.19. The monoisotopic (exact) mass is 860 g/mol. The van der Waals surface area contributed by atoms with Crippen molar-refractivity contribution in [2.75, 3.05) is 11.9 Å². The lowest BCUT2D eigenvalue weighted by Gasteiger charge is -2.08. The number of aromatic hydroxyl groups is 1. The molecule has 0 spiro atoms. The number of alkyl halides is 1. The van der Waals surface area contributed by atoms with Gasteiger partial charge in [0.1, 0.15) is 11.5 Å². The Bertz CT molecular complexity index is 1340. The van der Waals surface area contributed by atoms with E-state index in [1.807, 2.05) is 24.3 Å². The highest BCUT2D eigenvalue weighted by molar-refractivity contribution is 9.10. The van der Waals surface area contributed by atoms with Crippen LogP contribution in [0.4, 0.5) is 0 Å². The quantitative estimate of drug-likeness (QED) is 0.0630. The van der Waals surface area contributed by atoms with Crippen molar-refractivity contribution in [3.05, 3.63) is 81.7 Å². The van der Waals surface area contributed by atoms with E-state index in [2.05, 4.69) is 98.0 Å². The molecule has 49 heavy (non-hydrogen) atoms. The highest BCUT2D eigenvalue weighted by atomic mass is 79.9. The summed E-state index contributed by atoms with van der Waals surface area (Å²) < 4.78 is 8.08. The van der Waals surface area contributed by atoms with E-state index in [0.717, 1.165) is 38.5 Å². The second-order valence-corrected chi connectivity index (χ2v) is 15.9. The summed E-state index contributed by atoms with van der Waals surface area (Å²) in [7, 11) is 0. The number of fused-ring (bicyclic) bond motifs is 2. The van der Waals surface area contributed by atoms with Crippen molar-refractivity contribution in [3.8, 4) is 11.5 Å². The number of ether oxygens (including phenoxy) is 1. The van der Waals surface area contributed by atoms with Crippen molar-refractivity contribution in [2.24, 2.45) is 0 Å². The molecular formula is C44H63Br3O2. The third-order valence-electron chi connectivity index (χ3n) is 8.81. The van der Waals surface area contributed by atoms with Gasteiger partial charge in [0.25, 0.3) is 0 Å². The molecule has 4 rings (SSSR count). The molecule has 0 unspecified atom stereocenters. The fourth-order valence-electron chi connectivity index (χ4n) is 5.85. The SMILES string of the molecule is CCCCCCCCCCCCBr.CCCCCCCCCCCCOc1ccc2cc(Br)ccc2c1.Oc1ccc2cc(Br)ccc2c1. The third-order valence-corrected chi connectivity index (χ3v) is 10.4. The van der Waals surface area contributed by atoms with Crippen LogP contribution in [0.1, 0.15) is 142 Å². The summed E-state index contributed by atoms with van der Waals surface area (Å²) in [6.45, 7) is 5.39. The van der Waals surface area contributed by atoms with Crippen LogP contribution in [-0.4, -0.2) is 17.0 Å². The summed E-state index contributed by atoms with van der Waals surface area (Å²) in [5.41, 5.74) is 0. The van der Waals surface area contributed by atoms with Crippen LogP contribution in [-0.2, 0) is 0 Å². The fraction of sp³-hybridized carbons (Fsp3) is 0.545. The first-order valence-corrected chi connectivity index (χ1v) is 21.9. The first-order chi connectivity index (χ1) is 24.0.